The molecule has 3 saturated carbocycles. The van der Waals surface area contributed by atoms with Crippen LogP contribution in [0, 0.1) is 5.41 Å². The first-order valence-electron chi connectivity index (χ1n) is 8.43. The molecule has 0 bridgehead atoms. The maximum atomic E-state index is 10.2. The zero-order valence-electron chi connectivity index (χ0n) is 13.7. The molecule has 6 heteroatoms. The van der Waals surface area contributed by atoms with Crippen molar-refractivity contribution < 1.29 is 9.84 Å². The fourth-order valence-corrected chi connectivity index (χ4v) is 4.01. The summed E-state index contributed by atoms with van der Waals surface area (Å²) in [6.45, 7) is 3.48. The van der Waals surface area contributed by atoms with Crippen LogP contribution in [0.5, 0.6) is 0 Å². The molecule has 0 aromatic heterocycles. The molecule has 3 aliphatic carbocycles. The Bertz CT molecular complexity index is 408. The van der Waals surface area contributed by atoms with Gasteiger partial charge in [0.15, 0.2) is 5.96 Å². The molecule has 0 heterocycles. The van der Waals surface area contributed by atoms with E-state index >= 15 is 0 Å². The van der Waals surface area contributed by atoms with Gasteiger partial charge in [0.05, 0.1) is 11.7 Å². The van der Waals surface area contributed by atoms with Gasteiger partial charge >= 0.3 is 0 Å². The standard InChI is InChI=1S/C16H29N3O2.HI/c1-3-21-13-10-12(16(13)8-5-9-16)19-14(17-2)18-11-15(20)6-4-7-15;/h12-13,20H,3-11H2,1-2H3,(H2,17,18,19);1H. The lowest BCUT2D eigenvalue weighted by Crippen LogP contribution is -2.69. The van der Waals surface area contributed by atoms with E-state index in [-0.39, 0.29) is 24.0 Å². The van der Waals surface area contributed by atoms with E-state index in [2.05, 4.69) is 22.5 Å². The predicted molar refractivity (Wildman–Crippen MR) is 98.8 cm³/mol. The summed E-state index contributed by atoms with van der Waals surface area (Å²) < 4.78 is 5.88. The quantitative estimate of drug-likeness (QED) is 0.360. The zero-order valence-corrected chi connectivity index (χ0v) is 16.1. The van der Waals surface area contributed by atoms with E-state index in [4.69, 9.17) is 4.74 Å². The number of aliphatic imine (C=N–C) groups is 1. The molecule has 0 aromatic rings. The van der Waals surface area contributed by atoms with E-state index in [1.165, 1.54) is 19.3 Å². The smallest absolute Gasteiger partial charge is 0.191 e. The summed E-state index contributed by atoms with van der Waals surface area (Å²) >= 11 is 0. The first kappa shape index (κ1) is 18.3. The molecule has 1 spiro atoms. The molecule has 0 aliphatic heterocycles. The van der Waals surface area contributed by atoms with Gasteiger partial charge in [0.2, 0.25) is 0 Å². The fourth-order valence-electron chi connectivity index (χ4n) is 4.01. The maximum Gasteiger partial charge on any atom is 0.191 e. The molecule has 0 radical (unpaired) electrons. The lowest BCUT2D eigenvalue weighted by Gasteiger charge is -2.61. The highest BCUT2D eigenvalue weighted by atomic mass is 127. The van der Waals surface area contributed by atoms with Gasteiger partial charge in [-0.15, -0.1) is 24.0 Å². The molecule has 128 valence electrons. The molecule has 3 fully saturated rings. The Labute approximate surface area is 150 Å². The van der Waals surface area contributed by atoms with Crippen LogP contribution in [-0.4, -0.2) is 49.0 Å². The highest BCUT2D eigenvalue weighted by Gasteiger charge is 2.59. The summed E-state index contributed by atoms with van der Waals surface area (Å²) in [6, 6.07) is 0.463. The zero-order chi connectivity index (χ0) is 14.9. The number of hydrogen-bond donors (Lipinski definition) is 3. The predicted octanol–water partition coefficient (Wildman–Crippen LogP) is 2.03. The molecular formula is C16H30IN3O2. The van der Waals surface area contributed by atoms with E-state index < -0.39 is 5.60 Å². The van der Waals surface area contributed by atoms with Crippen molar-refractivity contribution in [2.75, 3.05) is 20.2 Å². The molecular weight excluding hydrogens is 393 g/mol. The minimum atomic E-state index is -0.515. The van der Waals surface area contributed by atoms with Crippen molar-refractivity contribution in [3.8, 4) is 0 Å². The molecule has 0 saturated heterocycles. The first-order chi connectivity index (χ1) is 10.1. The van der Waals surface area contributed by atoms with Gasteiger partial charge in [-0.1, -0.05) is 6.42 Å². The largest absolute Gasteiger partial charge is 0.388 e. The summed E-state index contributed by atoms with van der Waals surface area (Å²) in [4.78, 5) is 4.31. The lowest BCUT2D eigenvalue weighted by molar-refractivity contribution is -0.168. The van der Waals surface area contributed by atoms with Crippen molar-refractivity contribution >= 4 is 29.9 Å². The monoisotopic (exact) mass is 423 g/mol. The highest BCUT2D eigenvalue weighted by molar-refractivity contribution is 14.0. The van der Waals surface area contributed by atoms with E-state index in [1.54, 1.807) is 7.05 Å². The maximum absolute atomic E-state index is 10.2. The van der Waals surface area contributed by atoms with Gasteiger partial charge in [-0.25, -0.2) is 0 Å². The molecule has 3 aliphatic rings. The van der Waals surface area contributed by atoms with Crippen molar-refractivity contribution in [2.24, 2.45) is 10.4 Å². The van der Waals surface area contributed by atoms with Gasteiger partial charge in [-0.3, -0.25) is 4.99 Å². The molecule has 22 heavy (non-hydrogen) atoms. The van der Waals surface area contributed by atoms with Crippen molar-refractivity contribution in [3.63, 3.8) is 0 Å². The van der Waals surface area contributed by atoms with Crippen LogP contribution in [0.4, 0.5) is 0 Å². The molecule has 3 N–H and O–H groups in total. The fraction of sp³-hybridized carbons (Fsp3) is 0.938. The Balaban J connectivity index is 0.00000176. The van der Waals surface area contributed by atoms with Crippen molar-refractivity contribution in [3.05, 3.63) is 0 Å². The Morgan fingerprint density at radius 1 is 1.27 bits per heavy atom. The molecule has 5 nitrogen and oxygen atoms in total. The van der Waals surface area contributed by atoms with Gasteiger partial charge < -0.3 is 20.5 Å². The Kier molecular flexibility index (Phi) is 5.99. The number of guanidine groups is 1. The summed E-state index contributed by atoms with van der Waals surface area (Å²) in [5, 5.41) is 17.0. The van der Waals surface area contributed by atoms with E-state index in [9.17, 15) is 5.11 Å². The van der Waals surface area contributed by atoms with Gasteiger partial charge in [0, 0.05) is 31.7 Å². The van der Waals surface area contributed by atoms with Gasteiger partial charge in [-0.05, 0) is 45.4 Å². The van der Waals surface area contributed by atoms with Crippen molar-refractivity contribution in [2.45, 2.75) is 69.6 Å². The summed E-state index contributed by atoms with van der Waals surface area (Å²) in [5.41, 5.74) is -0.180. The first-order valence-corrected chi connectivity index (χ1v) is 8.43. The van der Waals surface area contributed by atoms with Crippen LogP contribution in [0.1, 0.15) is 51.9 Å². The number of halogens is 1. The van der Waals surface area contributed by atoms with Crippen LogP contribution in [0.25, 0.3) is 0 Å². The third kappa shape index (κ3) is 3.24. The Morgan fingerprint density at radius 2 is 1.95 bits per heavy atom. The average Bonchev–Trinajstić information content (AvgIpc) is 2.37. The van der Waals surface area contributed by atoms with Crippen LogP contribution >= 0.6 is 24.0 Å². The molecule has 2 unspecified atom stereocenters. The van der Waals surface area contributed by atoms with Gasteiger partial charge in [0.1, 0.15) is 0 Å². The minimum absolute atomic E-state index is 0. The van der Waals surface area contributed by atoms with Crippen LogP contribution in [0.2, 0.25) is 0 Å². The second kappa shape index (κ2) is 7.21. The number of hydrogen-bond acceptors (Lipinski definition) is 3. The second-order valence-electron chi connectivity index (χ2n) is 6.97. The van der Waals surface area contributed by atoms with Crippen LogP contribution in [-0.2, 0) is 4.74 Å². The number of aliphatic hydroxyl groups is 1. The second-order valence-corrected chi connectivity index (χ2v) is 6.97. The number of ether oxygens (including phenoxy) is 1. The third-order valence-electron chi connectivity index (χ3n) is 5.84. The van der Waals surface area contributed by atoms with Crippen LogP contribution < -0.4 is 10.6 Å². The third-order valence-corrected chi connectivity index (χ3v) is 5.84. The van der Waals surface area contributed by atoms with Crippen molar-refractivity contribution in [1.82, 2.24) is 10.6 Å². The Morgan fingerprint density at radius 3 is 2.41 bits per heavy atom. The SMILES string of the molecule is CCOC1CC(NC(=NC)NCC2(O)CCC2)C12CCC2.I. The normalized spacial score (nSPS) is 31.3. The number of nitrogens with zero attached hydrogens (tertiary/aromatic N) is 1. The van der Waals surface area contributed by atoms with E-state index in [1.807, 2.05) is 0 Å². The summed E-state index contributed by atoms with van der Waals surface area (Å²) in [6.07, 6.45) is 8.25. The summed E-state index contributed by atoms with van der Waals surface area (Å²) in [5.74, 6) is 0.821. The van der Waals surface area contributed by atoms with E-state index in [0.717, 1.165) is 38.2 Å². The van der Waals surface area contributed by atoms with Gasteiger partial charge in [0.25, 0.3) is 0 Å². The molecule has 0 amide bonds. The molecule has 2 atom stereocenters. The van der Waals surface area contributed by atoms with Crippen molar-refractivity contribution in [1.29, 1.82) is 0 Å². The van der Waals surface area contributed by atoms with Gasteiger partial charge in [-0.2, -0.15) is 0 Å². The van der Waals surface area contributed by atoms with Crippen LogP contribution in [0.15, 0.2) is 4.99 Å². The highest BCUT2D eigenvalue weighted by Crippen LogP contribution is 2.57. The minimum Gasteiger partial charge on any atom is -0.388 e. The van der Waals surface area contributed by atoms with Crippen LogP contribution in [0.3, 0.4) is 0 Å². The summed E-state index contributed by atoms with van der Waals surface area (Å²) in [7, 11) is 1.80. The number of nitrogens with one attached hydrogen (secondary N) is 2. The van der Waals surface area contributed by atoms with E-state index in [0.29, 0.717) is 24.1 Å². The Hall–Kier alpha value is -0.0800. The number of rotatable bonds is 5. The molecule has 0 aromatic carbocycles. The topological polar surface area (TPSA) is 65.9 Å². The average molecular weight is 423 g/mol. The molecule has 3 rings (SSSR count). The lowest BCUT2D eigenvalue weighted by atomic mass is 9.51.